The van der Waals surface area contributed by atoms with Crippen molar-refractivity contribution in [3.8, 4) is 11.4 Å². The highest BCUT2D eigenvalue weighted by molar-refractivity contribution is 6.30. The molecule has 1 aromatic heterocycles. The van der Waals surface area contributed by atoms with Gasteiger partial charge in [-0.15, -0.1) is 0 Å². The van der Waals surface area contributed by atoms with Gasteiger partial charge in [-0.3, -0.25) is 9.80 Å². The number of ether oxygens (including phenoxy) is 1. The van der Waals surface area contributed by atoms with Gasteiger partial charge < -0.3 is 9.26 Å². The predicted molar refractivity (Wildman–Crippen MR) is 88.3 cm³/mol. The lowest BCUT2D eigenvalue weighted by molar-refractivity contribution is 0.0883. The molecule has 0 spiro atoms. The molecule has 0 atom stereocenters. The number of nitrogens with zero attached hydrogens (tertiary/aromatic N) is 4. The molecule has 2 aromatic rings. The standard InChI is InChI=1S/C16H21ClN4O2/c1-22-11-10-20-6-8-21(9-7-20)12-15-18-16(19-23-15)13-2-4-14(17)5-3-13/h2-5H,6-12H2,1H3. The Kier molecular flexibility index (Phi) is 5.61. The lowest BCUT2D eigenvalue weighted by Gasteiger charge is -2.33. The molecule has 0 aliphatic carbocycles. The van der Waals surface area contributed by atoms with E-state index >= 15 is 0 Å². The smallest absolute Gasteiger partial charge is 0.241 e. The Labute approximate surface area is 141 Å². The van der Waals surface area contributed by atoms with Crippen molar-refractivity contribution in [3.05, 3.63) is 35.2 Å². The molecule has 7 heteroatoms. The molecule has 1 aromatic carbocycles. The second kappa shape index (κ2) is 7.88. The maximum absolute atomic E-state index is 5.89. The summed E-state index contributed by atoms with van der Waals surface area (Å²) in [4.78, 5) is 9.22. The number of hydrogen-bond donors (Lipinski definition) is 0. The maximum Gasteiger partial charge on any atom is 0.241 e. The van der Waals surface area contributed by atoms with Gasteiger partial charge in [0.2, 0.25) is 11.7 Å². The Morgan fingerprint density at radius 3 is 2.52 bits per heavy atom. The molecule has 0 radical (unpaired) electrons. The molecule has 1 saturated heterocycles. The quantitative estimate of drug-likeness (QED) is 0.805. The van der Waals surface area contributed by atoms with E-state index in [0.29, 0.717) is 23.3 Å². The van der Waals surface area contributed by atoms with Crippen LogP contribution in [0.15, 0.2) is 28.8 Å². The zero-order chi connectivity index (χ0) is 16.1. The molecule has 3 rings (SSSR count). The summed E-state index contributed by atoms with van der Waals surface area (Å²) in [5.74, 6) is 1.26. The molecule has 6 nitrogen and oxygen atoms in total. The number of halogens is 1. The molecule has 0 unspecified atom stereocenters. The first-order valence-corrected chi connectivity index (χ1v) is 8.14. The van der Waals surface area contributed by atoms with E-state index in [2.05, 4.69) is 19.9 Å². The fourth-order valence-electron chi connectivity index (χ4n) is 2.62. The van der Waals surface area contributed by atoms with Crippen molar-refractivity contribution in [1.29, 1.82) is 0 Å². The zero-order valence-electron chi connectivity index (χ0n) is 13.2. The molecular formula is C16H21ClN4O2. The Balaban J connectivity index is 1.53. The third kappa shape index (κ3) is 4.51. The minimum Gasteiger partial charge on any atom is -0.383 e. The van der Waals surface area contributed by atoms with E-state index in [1.807, 2.05) is 24.3 Å². The van der Waals surface area contributed by atoms with Crippen LogP contribution in [0.25, 0.3) is 11.4 Å². The van der Waals surface area contributed by atoms with Crippen molar-refractivity contribution >= 4 is 11.6 Å². The summed E-state index contributed by atoms with van der Waals surface area (Å²) >= 11 is 5.89. The van der Waals surface area contributed by atoms with Crippen LogP contribution in [0.5, 0.6) is 0 Å². The second-order valence-electron chi connectivity index (χ2n) is 5.63. The molecule has 0 amide bonds. The highest BCUT2D eigenvalue weighted by Gasteiger charge is 2.19. The number of aromatic nitrogens is 2. The van der Waals surface area contributed by atoms with E-state index in [1.54, 1.807) is 7.11 Å². The molecule has 0 N–H and O–H groups in total. The van der Waals surface area contributed by atoms with Gasteiger partial charge in [0.1, 0.15) is 0 Å². The normalized spacial score (nSPS) is 16.8. The minimum absolute atomic E-state index is 0.607. The van der Waals surface area contributed by atoms with E-state index in [0.717, 1.165) is 44.9 Å². The molecule has 0 bridgehead atoms. The van der Waals surface area contributed by atoms with Crippen molar-refractivity contribution < 1.29 is 9.26 Å². The van der Waals surface area contributed by atoms with Crippen molar-refractivity contribution in [2.45, 2.75) is 6.54 Å². The first kappa shape index (κ1) is 16.4. The second-order valence-corrected chi connectivity index (χ2v) is 6.07. The topological polar surface area (TPSA) is 54.6 Å². The van der Waals surface area contributed by atoms with Gasteiger partial charge in [0.25, 0.3) is 0 Å². The third-order valence-electron chi connectivity index (χ3n) is 4.01. The molecule has 124 valence electrons. The maximum atomic E-state index is 5.89. The first-order chi connectivity index (χ1) is 11.2. The SMILES string of the molecule is COCCN1CCN(Cc2nc(-c3ccc(Cl)cc3)no2)CC1. The average Bonchev–Trinajstić information content (AvgIpc) is 3.03. The summed E-state index contributed by atoms with van der Waals surface area (Å²) in [7, 11) is 1.74. The van der Waals surface area contributed by atoms with Gasteiger partial charge in [-0.05, 0) is 24.3 Å². The largest absolute Gasteiger partial charge is 0.383 e. The van der Waals surface area contributed by atoms with E-state index in [9.17, 15) is 0 Å². The lowest BCUT2D eigenvalue weighted by atomic mass is 10.2. The van der Waals surface area contributed by atoms with Crippen LogP contribution < -0.4 is 0 Å². The highest BCUT2D eigenvalue weighted by Crippen LogP contribution is 2.19. The molecule has 23 heavy (non-hydrogen) atoms. The number of methoxy groups -OCH3 is 1. The Morgan fingerprint density at radius 2 is 1.83 bits per heavy atom. The number of piperazine rings is 1. The number of rotatable bonds is 6. The summed E-state index contributed by atoms with van der Waals surface area (Å²) in [5, 5.41) is 4.75. The molecular weight excluding hydrogens is 316 g/mol. The first-order valence-electron chi connectivity index (χ1n) is 7.77. The van der Waals surface area contributed by atoms with Crippen LogP contribution in [0.3, 0.4) is 0 Å². The minimum atomic E-state index is 0.607. The summed E-state index contributed by atoms with van der Waals surface area (Å²) in [5.41, 5.74) is 0.911. The van der Waals surface area contributed by atoms with Crippen LogP contribution in [-0.2, 0) is 11.3 Å². The van der Waals surface area contributed by atoms with Crippen LogP contribution >= 0.6 is 11.6 Å². The van der Waals surface area contributed by atoms with Gasteiger partial charge >= 0.3 is 0 Å². The van der Waals surface area contributed by atoms with E-state index in [4.69, 9.17) is 20.9 Å². The van der Waals surface area contributed by atoms with Crippen LogP contribution in [-0.4, -0.2) is 66.4 Å². The van der Waals surface area contributed by atoms with Crippen molar-refractivity contribution in [3.63, 3.8) is 0 Å². The zero-order valence-corrected chi connectivity index (χ0v) is 14.0. The fourth-order valence-corrected chi connectivity index (χ4v) is 2.74. The van der Waals surface area contributed by atoms with Gasteiger partial charge in [0.05, 0.1) is 13.2 Å². The van der Waals surface area contributed by atoms with Gasteiger partial charge in [0.15, 0.2) is 0 Å². The van der Waals surface area contributed by atoms with E-state index in [1.165, 1.54) is 0 Å². The number of benzene rings is 1. The molecule has 1 aliphatic heterocycles. The average molecular weight is 337 g/mol. The highest BCUT2D eigenvalue weighted by atomic mass is 35.5. The Bertz CT molecular complexity index is 609. The third-order valence-corrected chi connectivity index (χ3v) is 4.26. The van der Waals surface area contributed by atoms with Gasteiger partial charge in [-0.1, -0.05) is 16.8 Å². The fraction of sp³-hybridized carbons (Fsp3) is 0.500. The van der Waals surface area contributed by atoms with Crippen LogP contribution in [0.4, 0.5) is 0 Å². The summed E-state index contributed by atoms with van der Waals surface area (Å²) in [6.45, 7) is 6.56. The molecule has 1 fully saturated rings. The van der Waals surface area contributed by atoms with E-state index < -0.39 is 0 Å². The van der Waals surface area contributed by atoms with Gasteiger partial charge in [-0.25, -0.2) is 0 Å². The summed E-state index contributed by atoms with van der Waals surface area (Å²) in [6.07, 6.45) is 0. The monoisotopic (exact) mass is 336 g/mol. The van der Waals surface area contributed by atoms with E-state index in [-0.39, 0.29) is 0 Å². The molecule has 2 heterocycles. The molecule has 1 aliphatic rings. The lowest BCUT2D eigenvalue weighted by Crippen LogP contribution is -2.46. The van der Waals surface area contributed by atoms with Crippen molar-refractivity contribution in [1.82, 2.24) is 19.9 Å². The van der Waals surface area contributed by atoms with Crippen LogP contribution in [0.2, 0.25) is 5.02 Å². The molecule has 0 saturated carbocycles. The van der Waals surface area contributed by atoms with Gasteiger partial charge in [-0.2, -0.15) is 4.98 Å². The van der Waals surface area contributed by atoms with Crippen molar-refractivity contribution in [2.24, 2.45) is 0 Å². The predicted octanol–water partition coefficient (Wildman–Crippen LogP) is 2.15. The van der Waals surface area contributed by atoms with Crippen LogP contribution in [0, 0.1) is 0 Å². The van der Waals surface area contributed by atoms with Crippen LogP contribution in [0.1, 0.15) is 5.89 Å². The summed E-state index contributed by atoms with van der Waals surface area (Å²) in [6, 6.07) is 7.44. The Hall–Kier alpha value is -1.47. The summed E-state index contributed by atoms with van der Waals surface area (Å²) < 4.78 is 10.5. The Morgan fingerprint density at radius 1 is 1.13 bits per heavy atom. The van der Waals surface area contributed by atoms with Crippen molar-refractivity contribution in [2.75, 3.05) is 46.4 Å². The number of hydrogen-bond acceptors (Lipinski definition) is 6. The van der Waals surface area contributed by atoms with Gasteiger partial charge in [0, 0.05) is 50.4 Å².